The van der Waals surface area contributed by atoms with Crippen LogP contribution in [0.3, 0.4) is 0 Å². The molecule has 92 valence electrons. The maximum Gasteiger partial charge on any atom is 0.254 e. The number of aliphatic hydroxyl groups is 1. The Kier molecular flexibility index (Phi) is 3.31. The summed E-state index contributed by atoms with van der Waals surface area (Å²) in [5.41, 5.74) is -0.262. The van der Waals surface area contributed by atoms with Crippen molar-refractivity contribution in [1.82, 2.24) is 4.90 Å². The predicted octanol–water partition coefficient (Wildman–Crippen LogP) is 1.59. The monoisotopic (exact) mass is 347 g/mol. The van der Waals surface area contributed by atoms with Gasteiger partial charge in [-0.2, -0.15) is 0 Å². The Morgan fingerprint density at radius 1 is 1.53 bits per heavy atom. The summed E-state index contributed by atoms with van der Waals surface area (Å²) < 4.78 is 0.716. The second-order valence-corrected chi connectivity index (χ2v) is 5.57. The molecule has 1 saturated heterocycles. The number of phenolic OH excluding ortho intramolecular Hbond substituents is 1. The van der Waals surface area contributed by atoms with Crippen LogP contribution in [-0.4, -0.2) is 39.7 Å². The van der Waals surface area contributed by atoms with Crippen LogP contribution < -0.4 is 0 Å². The summed E-state index contributed by atoms with van der Waals surface area (Å²) in [5, 5.41) is 19.4. The van der Waals surface area contributed by atoms with Gasteiger partial charge in [-0.1, -0.05) is 6.92 Å². The van der Waals surface area contributed by atoms with Crippen molar-refractivity contribution in [1.29, 1.82) is 0 Å². The van der Waals surface area contributed by atoms with Gasteiger partial charge in [0, 0.05) is 5.56 Å². The van der Waals surface area contributed by atoms with E-state index in [1.807, 2.05) is 29.5 Å². The van der Waals surface area contributed by atoms with Crippen molar-refractivity contribution in [3.05, 3.63) is 27.3 Å². The highest BCUT2D eigenvalue weighted by Gasteiger charge is 2.42. The third-order valence-electron chi connectivity index (χ3n) is 3.11. The zero-order valence-electron chi connectivity index (χ0n) is 9.48. The van der Waals surface area contributed by atoms with Gasteiger partial charge in [0.1, 0.15) is 5.75 Å². The third kappa shape index (κ3) is 2.40. The minimum absolute atomic E-state index is 0.114. The first-order valence-electron chi connectivity index (χ1n) is 5.45. The van der Waals surface area contributed by atoms with Crippen LogP contribution in [0.5, 0.6) is 5.75 Å². The van der Waals surface area contributed by atoms with E-state index in [0.717, 1.165) is 0 Å². The van der Waals surface area contributed by atoms with E-state index >= 15 is 0 Å². The smallest absolute Gasteiger partial charge is 0.254 e. The number of β-amino-alcohol motifs (C(OH)–C–C–N with tert-alkyl or cyclic N) is 1. The Morgan fingerprint density at radius 3 is 2.71 bits per heavy atom. The molecule has 1 aromatic carbocycles. The first-order valence-corrected chi connectivity index (χ1v) is 6.53. The third-order valence-corrected chi connectivity index (χ3v) is 4.02. The number of likely N-dealkylation sites (tertiary alicyclic amines) is 1. The number of hydrogen-bond acceptors (Lipinski definition) is 3. The SMILES string of the molecule is CCC1(O)CN(C(=O)c2ccc(I)c(O)c2)C1. The zero-order chi connectivity index (χ0) is 12.6. The summed E-state index contributed by atoms with van der Waals surface area (Å²) in [6.07, 6.45) is 0.648. The minimum atomic E-state index is -0.721. The van der Waals surface area contributed by atoms with Crippen LogP contribution in [0, 0.1) is 3.57 Å². The van der Waals surface area contributed by atoms with Gasteiger partial charge in [-0.05, 0) is 47.2 Å². The number of amides is 1. The second-order valence-electron chi connectivity index (χ2n) is 4.41. The van der Waals surface area contributed by atoms with Crippen molar-refractivity contribution in [2.24, 2.45) is 0 Å². The fourth-order valence-electron chi connectivity index (χ4n) is 1.86. The van der Waals surface area contributed by atoms with Gasteiger partial charge in [-0.15, -0.1) is 0 Å². The Balaban J connectivity index is 2.09. The highest BCUT2D eigenvalue weighted by molar-refractivity contribution is 14.1. The lowest BCUT2D eigenvalue weighted by molar-refractivity contribution is -0.0826. The second kappa shape index (κ2) is 4.45. The molecule has 1 amide bonds. The van der Waals surface area contributed by atoms with Gasteiger partial charge < -0.3 is 15.1 Å². The van der Waals surface area contributed by atoms with Crippen LogP contribution in [0.25, 0.3) is 0 Å². The zero-order valence-corrected chi connectivity index (χ0v) is 11.6. The summed E-state index contributed by atoms with van der Waals surface area (Å²) >= 11 is 2.00. The molecule has 0 aliphatic carbocycles. The lowest BCUT2D eigenvalue weighted by atomic mass is 9.90. The molecule has 2 N–H and O–H groups in total. The molecule has 0 spiro atoms. The first kappa shape index (κ1) is 12.6. The molecule has 0 aromatic heterocycles. The normalized spacial score (nSPS) is 17.7. The van der Waals surface area contributed by atoms with Crippen LogP contribution in [0.1, 0.15) is 23.7 Å². The Morgan fingerprint density at radius 2 is 2.18 bits per heavy atom. The van der Waals surface area contributed by atoms with Gasteiger partial charge in [0.15, 0.2) is 0 Å². The number of rotatable bonds is 2. The number of aromatic hydroxyl groups is 1. The molecule has 0 unspecified atom stereocenters. The summed E-state index contributed by atoms with van der Waals surface area (Å²) in [5.74, 6) is -0.0300. The van der Waals surface area contributed by atoms with E-state index in [1.54, 1.807) is 17.0 Å². The van der Waals surface area contributed by atoms with Gasteiger partial charge in [0.2, 0.25) is 0 Å². The molecule has 0 saturated carbocycles. The summed E-state index contributed by atoms with van der Waals surface area (Å²) in [7, 11) is 0. The van der Waals surface area contributed by atoms with Crippen molar-refractivity contribution < 1.29 is 15.0 Å². The Hall–Kier alpha value is -0.820. The van der Waals surface area contributed by atoms with Crippen molar-refractivity contribution >= 4 is 28.5 Å². The van der Waals surface area contributed by atoms with Crippen molar-refractivity contribution in [3.8, 4) is 5.75 Å². The average Bonchev–Trinajstić information content (AvgIpc) is 2.27. The molecule has 5 heteroatoms. The van der Waals surface area contributed by atoms with Crippen LogP contribution in [0.15, 0.2) is 18.2 Å². The number of hydrogen-bond donors (Lipinski definition) is 2. The minimum Gasteiger partial charge on any atom is -0.507 e. The molecule has 2 rings (SSSR count). The lowest BCUT2D eigenvalue weighted by Gasteiger charge is -2.46. The molecule has 17 heavy (non-hydrogen) atoms. The van der Waals surface area contributed by atoms with Gasteiger partial charge in [0.25, 0.3) is 5.91 Å². The first-order chi connectivity index (χ1) is 7.95. The molecule has 0 atom stereocenters. The van der Waals surface area contributed by atoms with E-state index in [2.05, 4.69) is 0 Å². The topological polar surface area (TPSA) is 60.8 Å². The van der Waals surface area contributed by atoms with Gasteiger partial charge in [0.05, 0.1) is 22.3 Å². The molecular formula is C12H14INO3. The fraction of sp³-hybridized carbons (Fsp3) is 0.417. The molecule has 1 aromatic rings. The summed E-state index contributed by atoms with van der Waals surface area (Å²) in [6.45, 7) is 2.64. The number of carbonyl (C=O) groups is 1. The Bertz CT molecular complexity index is 455. The van der Waals surface area contributed by atoms with E-state index < -0.39 is 5.60 Å². The van der Waals surface area contributed by atoms with Crippen molar-refractivity contribution in [2.45, 2.75) is 18.9 Å². The van der Waals surface area contributed by atoms with E-state index in [0.29, 0.717) is 28.6 Å². The number of benzene rings is 1. The molecule has 0 bridgehead atoms. The van der Waals surface area contributed by atoms with Gasteiger partial charge in [-0.3, -0.25) is 4.79 Å². The maximum atomic E-state index is 12.0. The molecule has 1 heterocycles. The summed E-state index contributed by atoms with van der Waals surface area (Å²) in [6, 6.07) is 4.86. The molecule has 1 aliphatic heterocycles. The highest BCUT2D eigenvalue weighted by Crippen LogP contribution is 2.27. The summed E-state index contributed by atoms with van der Waals surface area (Å²) in [4.78, 5) is 13.6. The van der Waals surface area contributed by atoms with E-state index in [-0.39, 0.29) is 11.7 Å². The maximum absolute atomic E-state index is 12.0. The molecule has 4 nitrogen and oxygen atoms in total. The quantitative estimate of drug-likeness (QED) is 0.799. The van der Waals surface area contributed by atoms with E-state index in [4.69, 9.17) is 0 Å². The van der Waals surface area contributed by atoms with Crippen LogP contribution >= 0.6 is 22.6 Å². The average molecular weight is 347 g/mol. The van der Waals surface area contributed by atoms with Gasteiger partial charge in [-0.25, -0.2) is 0 Å². The predicted molar refractivity (Wildman–Crippen MR) is 72.0 cm³/mol. The number of phenols is 1. The number of nitrogens with zero attached hydrogens (tertiary/aromatic N) is 1. The van der Waals surface area contributed by atoms with Crippen molar-refractivity contribution in [2.75, 3.05) is 13.1 Å². The molecule has 1 aliphatic rings. The van der Waals surface area contributed by atoms with Crippen LogP contribution in [0.2, 0.25) is 0 Å². The standard InChI is InChI=1S/C12H14INO3/c1-2-12(17)6-14(7-12)11(16)8-3-4-9(13)10(15)5-8/h3-5,15,17H,2,6-7H2,1H3. The van der Waals surface area contributed by atoms with E-state index in [1.165, 1.54) is 6.07 Å². The number of carbonyl (C=O) groups excluding carboxylic acids is 1. The van der Waals surface area contributed by atoms with Crippen molar-refractivity contribution in [3.63, 3.8) is 0 Å². The Labute approximate surface area is 113 Å². The number of halogens is 1. The van der Waals surface area contributed by atoms with Crippen LogP contribution in [0.4, 0.5) is 0 Å². The van der Waals surface area contributed by atoms with Gasteiger partial charge >= 0.3 is 0 Å². The van der Waals surface area contributed by atoms with Crippen LogP contribution in [-0.2, 0) is 0 Å². The molecule has 0 radical (unpaired) electrons. The lowest BCUT2D eigenvalue weighted by Crippen LogP contribution is -2.63. The molecule has 1 fully saturated rings. The van der Waals surface area contributed by atoms with E-state index in [9.17, 15) is 15.0 Å². The highest BCUT2D eigenvalue weighted by atomic mass is 127. The molecular weight excluding hydrogens is 333 g/mol. The largest absolute Gasteiger partial charge is 0.507 e. The fourth-order valence-corrected chi connectivity index (χ4v) is 2.20.